The van der Waals surface area contributed by atoms with Crippen LogP contribution in [0.3, 0.4) is 0 Å². The molecule has 0 spiro atoms. The SMILES string of the molecule is C[C@@H](c1ccccn1)S(=O)(=O)N(C)[C@H]1CCCNC1. The molecular weight excluding hydrogens is 262 g/mol. The number of hydrogen-bond acceptors (Lipinski definition) is 4. The minimum Gasteiger partial charge on any atom is -0.315 e. The topological polar surface area (TPSA) is 62.3 Å². The van der Waals surface area contributed by atoms with E-state index < -0.39 is 15.3 Å². The van der Waals surface area contributed by atoms with E-state index in [1.807, 2.05) is 6.07 Å². The molecule has 0 amide bonds. The van der Waals surface area contributed by atoms with E-state index in [-0.39, 0.29) is 6.04 Å². The highest BCUT2D eigenvalue weighted by molar-refractivity contribution is 7.89. The Kier molecular flexibility index (Phi) is 4.54. The van der Waals surface area contributed by atoms with Gasteiger partial charge in [-0.15, -0.1) is 0 Å². The van der Waals surface area contributed by atoms with Gasteiger partial charge in [0.15, 0.2) is 0 Å². The van der Waals surface area contributed by atoms with Crippen LogP contribution in [0.25, 0.3) is 0 Å². The molecule has 1 aliphatic rings. The molecule has 1 fully saturated rings. The molecule has 0 saturated carbocycles. The number of aromatic nitrogens is 1. The van der Waals surface area contributed by atoms with Crippen LogP contribution in [0.4, 0.5) is 0 Å². The summed E-state index contributed by atoms with van der Waals surface area (Å²) in [6.45, 7) is 3.40. The van der Waals surface area contributed by atoms with Crippen molar-refractivity contribution in [2.75, 3.05) is 20.1 Å². The van der Waals surface area contributed by atoms with Crippen LogP contribution in [0.15, 0.2) is 24.4 Å². The van der Waals surface area contributed by atoms with Gasteiger partial charge in [-0.05, 0) is 38.4 Å². The van der Waals surface area contributed by atoms with E-state index in [1.165, 1.54) is 4.31 Å². The summed E-state index contributed by atoms with van der Waals surface area (Å²) in [6.07, 6.45) is 3.56. The zero-order valence-electron chi connectivity index (χ0n) is 11.4. The molecule has 0 radical (unpaired) electrons. The van der Waals surface area contributed by atoms with Gasteiger partial charge in [-0.3, -0.25) is 4.98 Å². The third-order valence-corrected chi connectivity index (χ3v) is 5.97. The van der Waals surface area contributed by atoms with Crippen LogP contribution in [-0.2, 0) is 10.0 Å². The van der Waals surface area contributed by atoms with Crippen molar-refractivity contribution < 1.29 is 8.42 Å². The average Bonchev–Trinajstić information content (AvgIpc) is 2.47. The maximum atomic E-state index is 12.6. The van der Waals surface area contributed by atoms with Gasteiger partial charge in [0.2, 0.25) is 10.0 Å². The van der Waals surface area contributed by atoms with Crippen LogP contribution in [-0.4, -0.2) is 43.9 Å². The minimum absolute atomic E-state index is 0.0462. The fourth-order valence-corrected chi connectivity index (χ4v) is 3.91. The number of rotatable bonds is 4. The number of likely N-dealkylation sites (N-methyl/N-ethyl adjacent to an activating group) is 1. The smallest absolute Gasteiger partial charge is 0.222 e. The minimum atomic E-state index is -3.36. The molecule has 1 saturated heterocycles. The highest BCUT2D eigenvalue weighted by Gasteiger charge is 2.33. The van der Waals surface area contributed by atoms with Gasteiger partial charge in [-0.2, -0.15) is 0 Å². The summed E-state index contributed by atoms with van der Waals surface area (Å²) in [6, 6.07) is 5.41. The Balaban J connectivity index is 2.17. The summed E-state index contributed by atoms with van der Waals surface area (Å²) in [5.74, 6) is 0. The van der Waals surface area contributed by atoms with Crippen molar-refractivity contribution in [1.29, 1.82) is 0 Å². The largest absolute Gasteiger partial charge is 0.315 e. The fraction of sp³-hybridized carbons (Fsp3) is 0.615. The van der Waals surface area contributed by atoms with Gasteiger partial charge in [0, 0.05) is 25.8 Å². The van der Waals surface area contributed by atoms with E-state index in [9.17, 15) is 8.42 Å². The van der Waals surface area contributed by atoms with Gasteiger partial charge >= 0.3 is 0 Å². The Morgan fingerprint density at radius 3 is 2.84 bits per heavy atom. The van der Waals surface area contributed by atoms with E-state index in [0.29, 0.717) is 5.69 Å². The maximum absolute atomic E-state index is 12.6. The van der Waals surface area contributed by atoms with Crippen molar-refractivity contribution >= 4 is 10.0 Å². The van der Waals surface area contributed by atoms with Gasteiger partial charge in [0.05, 0.1) is 5.69 Å². The standard InChI is InChI=1S/C13H21N3O2S/c1-11(13-7-3-4-9-15-13)19(17,18)16(2)12-6-5-8-14-10-12/h3-4,7,9,11-12,14H,5-6,8,10H2,1-2H3/t11-,12-/m0/s1. The normalized spacial score (nSPS) is 22.4. The number of nitrogens with zero attached hydrogens (tertiary/aromatic N) is 2. The lowest BCUT2D eigenvalue weighted by Gasteiger charge is -2.32. The lowest BCUT2D eigenvalue weighted by Crippen LogP contribution is -2.47. The monoisotopic (exact) mass is 283 g/mol. The molecule has 0 aliphatic carbocycles. The summed E-state index contributed by atoms with van der Waals surface area (Å²) >= 11 is 0. The summed E-state index contributed by atoms with van der Waals surface area (Å²) in [5, 5.41) is 2.63. The van der Waals surface area contributed by atoms with E-state index in [1.54, 1.807) is 32.3 Å². The first-order valence-electron chi connectivity index (χ1n) is 6.62. The molecule has 19 heavy (non-hydrogen) atoms. The van der Waals surface area contributed by atoms with Gasteiger partial charge in [0.1, 0.15) is 5.25 Å². The second kappa shape index (κ2) is 5.98. The Bertz CT molecular complexity index is 498. The molecule has 1 aromatic rings. The van der Waals surface area contributed by atoms with Gasteiger partial charge in [0.25, 0.3) is 0 Å². The molecule has 2 rings (SSSR count). The van der Waals surface area contributed by atoms with Gasteiger partial charge < -0.3 is 5.32 Å². The summed E-state index contributed by atoms with van der Waals surface area (Å²) < 4.78 is 26.7. The first kappa shape index (κ1) is 14.4. The molecular formula is C13H21N3O2S. The first-order chi connectivity index (χ1) is 9.03. The lowest BCUT2D eigenvalue weighted by molar-refractivity contribution is 0.297. The molecule has 106 valence electrons. The van der Waals surface area contributed by atoms with E-state index in [4.69, 9.17) is 0 Å². The van der Waals surface area contributed by atoms with Crippen LogP contribution in [0, 0.1) is 0 Å². The van der Waals surface area contributed by atoms with Crippen LogP contribution < -0.4 is 5.32 Å². The van der Waals surface area contributed by atoms with Gasteiger partial charge in [-0.25, -0.2) is 12.7 Å². The first-order valence-corrected chi connectivity index (χ1v) is 8.12. The molecule has 2 heterocycles. The summed E-state index contributed by atoms with van der Waals surface area (Å²) in [4.78, 5) is 4.15. The Morgan fingerprint density at radius 2 is 2.26 bits per heavy atom. The van der Waals surface area contributed by atoms with Gasteiger partial charge in [-0.1, -0.05) is 6.07 Å². The van der Waals surface area contributed by atoms with Crippen LogP contribution in [0.2, 0.25) is 0 Å². The van der Waals surface area contributed by atoms with Crippen molar-refractivity contribution in [3.8, 4) is 0 Å². The van der Waals surface area contributed by atoms with E-state index >= 15 is 0 Å². The fourth-order valence-electron chi connectivity index (χ4n) is 2.37. The Morgan fingerprint density at radius 1 is 1.47 bits per heavy atom. The second-order valence-corrected chi connectivity index (χ2v) is 7.27. The second-order valence-electron chi connectivity index (χ2n) is 4.96. The summed E-state index contributed by atoms with van der Waals surface area (Å²) in [7, 11) is -1.69. The van der Waals surface area contributed by atoms with Crippen LogP contribution in [0.1, 0.15) is 30.7 Å². The quantitative estimate of drug-likeness (QED) is 0.900. The highest BCUT2D eigenvalue weighted by Crippen LogP contribution is 2.25. The molecule has 0 aromatic carbocycles. The molecule has 6 heteroatoms. The number of piperidine rings is 1. The van der Waals surface area contributed by atoms with Crippen molar-refractivity contribution in [3.63, 3.8) is 0 Å². The zero-order valence-corrected chi connectivity index (χ0v) is 12.2. The van der Waals surface area contributed by atoms with Crippen LogP contribution in [0.5, 0.6) is 0 Å². The molecule has 5 nitrogen and oxygen atoms in total. The van der Waals surface area contributed by atoms with Crippen molar-refractivity contribution in [3.05, 3.63) is 30.1 Å². The van der Waals surface area contributed by atoms with E-state index in [0.717, 1.165) is 25.9 Å². The summed E-state index contributed by atoms with van der Waals surface area (Å²) in [5.41, 5.74) is 0.595. The molecule has 0 bridgehead atoms. The third-order valence-electron chi connectivity index (χ3n) is 3.74. The average molecular weight is 283 g/mol. The third kappa shape index (κ3) is 3.13. The zero-order chi connectivity index (χ0) is 13.9. The number of nitrogens with one attached hydrogen (secondary N) is 1. The molecule has 0 unspecified atom stereocenters. The van der Waals surface area contributed by atoms with E-state index in [2.05, 4.69) is 10.3 Å². The Labute approximate surface area is 115 Å². The molecule has 1 aliphatic heterocycles. The highest BCUT2D eigenvalue weighted by atomic mass is 32.2. The van der Waals surface area contributed by atoms with Crippen LogP contribution >= 0.6 is 0 Å². The number of hydrogen-bond donors (Lipinski definition) is 1. The maximum Gasteiger partial charge on any atom is 0.222 e. The van der Waals surface area contributed by atoms with Crippen molar-refractivity contribution in [1.82, 2.24) is 14.6 Å². The van der Waals surface area contributed by atoms with Crippen molar-refractivity contribution in [2.24, 2.45) is 0 Å². The molecule has 1 N–H and O–H groups in total. The predicted octanol–water partition coefficient (Wildman–Crippen LogP) is 1.16. The number of pyridine rings is 1. The lowest BCUT2D eigenvalue weighted by atomic mass is 10.1. The molecule has 1 aromatic heterocycles. The predicted molar refractivity (Wildman–Crippen MR) is 75.2 cm³/mol. The Hall–Kier alpha value is -0.980. The van der Waals surface area contributed by atoms with Crippen molar-refractivity contribution in [2.45, 2.75) is 31.1 Å². The number of sulfonamides is 1. The molecule has 2 atom stereocenters.